The molecule has 0 unspecified atom stereocenters. The van der Waals surface area contributed by atoms with Gasteiger partial charge in [-0.1, -0.05) is 0 Å². The standard InChI is InChI=1S/C13H8FNO5/c14-9-2-4-10(5-3-9)20-12-6-1-8(13(16)17)7-11(12)15(18)19/h1-7H,(H,16,17)/p-1. The molecule has 0 saturated heterocycles. The Morgan fingerprint density at radius 1 is 1.15 bits per heavy atom. The summed E-state index contributed by atoms with van der Waals surface area (Å²) >= 11 is 0. The molecule has 0 heterocycles. The fourth-order valence-corrected chi connectivity index (χ4v) is 1.50. The maximum atomic E-state index is 12.7. The molecule has 0 radical (unpaired) electrons. The van der Waals surface area contributed by atoms with Gasteiger partial charge in [0.25, 0.3) is 0 Å². The summed E-state index contributed by atoms with van der Waals surface area (Å²) in [7, 11) is 0. The first kappa shape index (κ1) is 13.5. The van der Waals surface area contributed by atoms with Crippen LogP contribution in [0.1, 0.15) is 10.4 Å². The van der Waals surface area contributed by atoms with Gasteiger partial charge in [-0.25, -0.2) is 4.39 Å². The Bertz CT molecular complexity index is 669. The topological polar surface area (TPSA) is 92.5 Å². The minimum atomic E-state index is -1.53. The van der Waals surface area contributed by atoms with Crippen molar-refractivity contribution in [3.63, 3.8) is 0 Å². The van der Waals surface area contributed by atoms with Crippen LogP contribution in [0.25, 0.3) is 0 Å². The van der Waals surface area contributed by atoms with Gasteiger partial charge in [-0.3, -0.25) is 10.1 Å². The van der Waals surface area contributed by atoms with Crippen molar-refractivity contribution in [1.29, 1.82) is 0 Å². The summed E-state index contributed by atoms with van der Waals surface area (Å²) in [4.78, 5) is 20.8. The van der Waals surface area contributed by atoms with Crippen LogP contribution in [0.15, 0.2) is 42.5 Å². The highest BCUT2D eigenvalue weighted by atomic mass is 19.1. The summed E-state index contributed by atoms with van der Waals surface area (Å²) < 4.78 is 18.0. The van der Waals surface area contributed by atoms with Crippen molar-refractivity contribution in [2.24, 2.45) is 0 Å². The molecule has 2 rings (SSSR count). The molecule has 0 aliphatic rings. The summed E-state index contributed by atoms with van der Waals surface area (Å²) in [5, 5.41) is 21.6. The summed E-state index contributed by atoms with van der Waals surface area (Å²) in [5.74, 6) is -1.96. The second-order valence-electron chi connectivity index (χ2n) is 3.78. The minimum absolute atomic E-state index is 0.147. The predicted octanol–water partition coefficient (Wildman–Crippen LogP) is 1.89. The molecule has 0 fully saturated rings. The van der Waals surface area contributed by atoms with Gasteiger partial charge in [0.15, 0.2) is 0 Å². The number of nitro benzene ring substituents is 1. The highest BCUT2D eigenvalue weighted by Crippen LogP contribution is 2.32. The third-order valence-electron chi connectivity index (χ3n) is 2.43. The van der Waals surface area contributed by atoms with Gasteiger partial charge in [0.1, 0.15) is 11.6 Å². The molecule has 2 aromatic rings. The molecule has 20 heavy (non-hydrogen) atoms. The monoisotopic (exact) mass is 276 g/mol. The van der Waals surface area contributed by atoms with Crippen LogP contribution in [-0.4, -0.2) is 10.9 Å². The highest BCUT2D eigenvalue weighted by Gasteiger charge is 2.17. The van der Waals surface area contributed by atoms with Crippen molar-refractivity contribution in [2.45, 2.75) is 0 Å². The first-order valence-corrected chi connectivity index (χ1v) is 5.40. The fraction of sp³-hybridized carbons (Fsp3) is 0. The Morgan fingerprint density at radius 3 is 2.35 bits per heavy atom. The Balaban J connectivity index is 2.38. The molecule has 0 aliphatic carbocycles. The van der Waals surface area contributed by atoms with Crippen LogP contribution >= 0.6 is 0 Å². The molecule has 0 atom stereocenters. The van der Waals surface area contributed by atoms with E-state index in [-0.39, 0.29) is 17.1 Å². The summed E-state index contributed by atoms with van der Waals surface area (Å²) in [6, 6.07) is 7.98. The van der Waals surface area contributed by atoms with E-state index < -0.39 is 22.4 Å². The molecule has 6 nitrogen and oxygen atoms in total. The first-order chi connectivity index (χ1) is 9.47. The molecular weight excluding hydrogens is 269 g/mol. The van der Waals surface area contributed by atoms with Gasteiger partial charge in [0.05, 0.1) is 10.9 Å². The number of nitrogens with zero attached hydrogens (tertiary/aromatic N) is 1. The number of carbonyl (C=O) groups is 1. The number of ether oxygens (including phenoxy) is 1. The van der Waals surface area contributed by atoms with Gasteiger partial charge in [-0.05, 0) is 36.4 Å². The van der Waals surface area contributed by atoms with E-state index in [1.54, 1.807) is 0 Å². The van der Waals surface area contributed by atoms with Crippen LogP contribution in [-0.2, 0) is 0 Å². The second-order valence-corrected chi connectivity index (χ2v) is 3.78. The zero-order chi connectivity index (χ0) is 14.7. The quantitative estimate of drug-likeness (QED) is 0.628. The summed E-state index contributed by atoms with van der Waals surface area (Å²) in [6.45, 7) is 0. The number of benzene rings is 2. The minimum Gasteiger partial charge on any atom is -0.545 e. The fourth-order valence-electron chi connectivity index (χ4n) is 1.50. The Labute approximate surface area is 112 Å². The zero-order valence-electron chi connectivity index (χ0n) is 9.91. The number of rotatable bonds is 4. The van der Waals surface area contributed by atoms with E-state index in [1.165, 1.54) is 12.1 Å². The number of halogens is 1. The third-order valence-corrected chi connectivity index (χ3v) is 2.43. The van der Waals surface area contributed by atoms with E-state index in [4.69, 9.17) is 4.74 Å². The van der Waals surface area contributed by atoms with Crippen molar-refractivity contribution in [3.8, 4) is 11.5 Å². The lowest BCUT2D eigenvalue weighted by Gasteiger charge is -2.08. The summed E-state index contributed by atoms with van der Waals surface area (Å²) in [5.41, 5.74) is -0.848. The van der Waals surface area contributed by atoms with Crippen LogP contribution in [0.3, 0.4) is 0 Å². The van der Waals surface area contributed by atoms with Crippen molar-refractivity contribution in [2.75, 3.05) is 0 Å². The van der Waals surface area contributed by atoms with Gasteiger partial charge < -0.3 is 14.6 Å². The predicted molar refractivity (Wildman–Crippen MR) is 63.9 cm³/mol. The second kappa shape index (κ2) is 5.35. The molecule has 0 aromatic heterocycles. The largest absolute Gasteiger partial charge is 0.545 e. The highest BCUT2D eigenvalue weighted by molar-refractivity contribution is 5.87. The molecule has 0 bridgehead atoms. The van der Waals surface area contributed by atoms with Gasteiger partial charge in [-0.15, -0.1) is 0 Å². The van der Waals surface area contributed by atoms with Crippen LogP contribution < -0.4 is 9.84 Å². The molecule has 2 aromatic carbocycles. The van der Waals surface area contributed by atoms with E-state index in [9.17, 15) is 24.4 Å². The lowest BCUT2D eigenvalue weighted by Crippen LogP contribution is -2.22. The van der Waals surface area contributed by atoms with E-state index in [0.29, 0.717) is 0 Å². The van der Waals surface area contributed by atoms with Crippen LogP contribution in [0, 0.1) is 15.9 Å². The van der Waals surface area contributed by atoms with Crippen LogP contribution in [0.4, 0.5) is 10.1 Å². The summed E-state index contributed by atoms with van der Waals surface area (Å²) in [6.07, 6.45) is 0. The average Bonchev–Trinajstić information content (AvgIpc) is 2.41. The number of hydrogen-bond acceptors (Lipinski definition) is 5. The van der Waals surface area contributed by atoms with E-state index in [0.717, 1.165) is 30.3 Å². The van der Waals surface area contributed by atoms with Gasteiger partial charge >= 0.3 is 5.69 Å². The van der Waals surface area contributed by atoms with Crippen LogP contribution in [0.2, 0.25) is 0 Å². The van der Waals surface area contributed by atoms with E-state index in [2.05, 4.69) is 0 Å². The molecule has 102 valence electrons. The molecule has 0 amide bonds. The molecule has 0 N–H and O–H groups in total. The van der Waals surface area contributed by atoms with Gasteiger partial charge in [0.2, 0.25) is 5.75 Å². The average molecular weight is 276 g/mol. The van der Waals surface area contributed by atoms with Crippen molar-refractivity contribution < 1.29 is 24.0 Å². The van der Waals surface area contributed by atoms with Gasteiger partial charge in [-0.2, -0.15) is 0 Å². The zero-order valence-corrected chi connectivity index (χ0v) is 9.91. The molecule has 0 saturated carbocycles. The molecule has 0 aliphatic heterocycles. The van der Waals surface area contributed by atoms with Crippen molar-refractivity contribution >= 4 is 11.7 Å². The lowest BCUT2D eigenvalue weighted by atomic mass is 10.2. The Morgan fingerprint density at radius 2 is 1.80 bits per heavy atom. The third kappa shape index (κ3) is 2.89. The number of carboxylic acids is 1. The SMILES string of the molecule is O=C([O-])c1ccc(Oc2ccc(F)cc2)c([N+](=O)[O-])c1. The Hall–Kier alpha value is -2.96. The molecule has 0 spiro atoms. The number of hydrogen-bond donors (Lipinski definition) is 0. The van der Waals surface area contributed by atoms with E-state index >= 15 is 0 Å². The number of nitro groups is 1. The first-order valence-electron chi connectivity index (χ1n) is 5.40. The number of aromatic carboxylic acids is 1. The van der Waals surface area contributed by atoms with Gasteiger partial charge in [0, 0.05) is 11.6 Å². The van der Waals surface area contributed by atoms with Crippen molar-refractivity contribution in [3.05, 3.63) is 64.0 Å². The maximum absolute atomic E-state index is 12.7. The van der Waals surface area contributed by atoms with E-state index in [1.807, 2.05) is 0 Å². The molecular formula is C13H7FNO5-. The van der Waals surface area contributed by atoms with Crippen LogP contribution in [0.5, 0.6) is 11.5 Å². The normalized spacial score (nSPS) is 10.1. The lowest BCUT2D eigenvalue weighted by molar-refractivity contribution is -0.385. The maximum Gasteiger partial charge on any atom is 0.312 e. The smallest absolute Gasteiger partial charge is 0.312 e. The van der Waals surface area contributed by atoms with Crippen molar-refractivity contribution in [1.82, 2.24) is 0 Å². The molecule has 7 heteroatoms. The Kier molecular flexibility index (Phi) is 3.60. The number of carboxylic acid groups (broad SMARTS) is 1. The number of carbonyl (C=O) groups excluding carboxylic acids is 1.